The first-order valence-electron chi connectivity index (χ1n) is 14.7. The molecule has 0 aromatic heterocycles. The van der Waals surface area contributed by atoms with Crippen LogP contribution in [0.2, 0.25) is 10.0 Å². The number of hydrogen-bond acceptors (Lipinski definition) is 4. The van der Waals surface area contributed by atoms with Crippen LogP contribution in [0.4, 0.5) is 4.79 Å². The van der Waals surface area contributed by atoms with Crippen molar-refractivity contribution in [3.05, 3.63) is 99.0 Å². The van der Waals surface area contributed by atoms with E-state index in [1.165, 1.54) is 0 Å². The Morgan fingerprint density at radius 2 is 1.40 bits per heavy atom. The number of carbonyl (C=O) groups excluding carboxylic acids is 2. The highest BCUT2D eigenvalue weighted by Gasteiger charge is 2.45. The van der Waals surface area contributed by atoms with Crippen LogP contribution in [0.3, 0.4) is 0 Å². The molecule has 0 bridgehead atoms. The summed E-state index contributed by atoms with van der Waals surface area (Å²) >= 11 is 12.6. The molecule has 2 atom stereocenters. The van der Waals surface area contributed by atoms with Crippen molar-refractivity contribution >= 4 is 53.4 Å². The van der Waals surface area contributed by atoms with Gasteiger partial charge in [-0.05, 0) is 65.4 Å². The topological polar surface area (TPSA) is 65.5 Å². The van der Waals surface area contributed by atoms with E-state index in [4.69, 9.17) is 32.9 Å². The number of amidine groups is 1. The van der Waals surface area contributed by atoms with Gasteiger partial charge in [0.25, 0.3) is 0 Å². The molecule has 3 amide bonds. The van der Waals surface area contributed by atoms with Gasteiger partial charge in [0.1, 0.15) is 17.6 Å². The molecule has 0 aliphatic carbocycles. The lowest BCUT2D eigenvalue weighted by molar-refractivity contribution is -0.130. The first-order valence-corrected chi connectivity index (χ1v) is 15.4. The average Bonchev–Trinajstić information content (AvgIpc) is 3.37. The van der Waals surface area contributed by atoms with Crippen molar-refractivity contribution < 1.29 is 14.3 Å². The SMILES string of the molecule is C.CCOc1cc(C(C)(C)C)ccc1C1=N[C@@H](c2ccc(Cl)cc2)[C@@H](c2ccc(Cl)cc2)N1C(=O)N1CCN(C(C)=O)CC1.Cl. The van der Waals surface area contributed by atoms with Crippen molar-refractivity contribution in [3.63, 3.8) is 0 Å². The molecule has 1 fully saturated rings. The van der Waals surface area contributed by atoms with Crippen LogP contribution < -0.4 is 4.74 Å². The van der Waals surface area contributed by atoms with E-state index < -0.39 is 12.1 Å². The molecule has 0 radical (unpaired) electrons. The molecule has 0 saturated carbocycles. The van der Waals surface area contributed by atoms with Crippen LogP contribution in [0, 0.1) is 0 Å². The molecule has 242 valence electrons. The molecule has 5 rings (SSSR count). The molecule has 3 aromatic carbocycles. The molecule has 10 heteroatoms. The van der Waals surface area contributed by atoms with Gasteiger partial charge in [0, 0.05) is 43.1 Å². The summed E-state index contributed by atoms with van der Waals surface area (Å²) in [5.74, 6) is 1.24. The Balaban J connectivity index is 0.00000276. The number of piperazine rings is 1. The van der Waals surface area contributed by atoms with E-state index in [0.29, 0.717) is 54.4 Å². The fourth-order valence-corrected chi connectivity index (χ4v) is 5.92. The normalized spacial score (nSPS) is 18.1. The van der Waals surface area contributed by atoms with Gasteiger partial charge in [0.2, 0.25) is 5.91 Å². The van der Waals surface area contributed by atoms with Gasteiger partial charge < -0.3 is 14.5 Å². The van der Waals surface area contributed by atoms with Crippen LogP contribution in [0.15, 0.2) is 71.7 Å². The highest BCUT2D eigenvalue weighted by atomic mass is 35.5. The fourth-order valence-electron chi connectivity index (χ4n) is 5.67. The van der Waals surface area contributed by atoms with Gasteiger partial charge >= 0.3 is 6.03 Å². The van der Waals surface area contributed by atoms with E-state index in [1.807, 2.05) is 66.4 Å². The van der Waals surface area contributed by atoms with E-state index in [0.717, 1.165) is 22.3 Å². The van der Waals surface area contributed by atoms with Crippen LogP contribution in [0.5, 0.6) is 5.75 Å². The molecule has 1 saturated heterocycles. The Bertz CT molecular complexity index is 1510. The van der Waals surface area contributed by atoms with Gasteiger partial charge in [0.05, 0.1) is 18.2 Å². The molecule has 2 aliphatic heterocycles. The average molecular weight is 674 g/mol. The molecule has 2 aliphatic rings. The van der Waals surface area contributed by atoms with Crippen LogP contribution >= 0.6 is 35.6 Å². The summed E-state index contributed by atoms with van der Waals surface area (Å²) in [6.07, 6.45) is 0. The third kappa shape index (κ3) is 7.76. The second kappa shape index (κ2) is 14.9. The lowest BCUT2D eigenvalue weighted by Crippen LogP contribution is -2.54. The fraction of sp³-hybridized carbons (Fsp3) is 0.400. The predicted molar refractivity (Wildman–Crippen MR) is 186 cm³/mol. The summed E-state index contributed by atoms with van der Waals surface area (Å²) in [6.45, 7) is 12.3. The van der Waals surface area contributed by atoms with E-state index in [1.54, 1.807) is 16.7 Å². The van der Waals surface area contributed by atoms with E-state index in [2.05, 4.69) is 32.9 Å². The minimum Gasteiger partial charge on any atom is -0.493 e. The van der Waals surface area contributed by atoms with Gasteiger partial charge in [-0.25, -0.2) is 4.79 Å². The second-order valence-corrected chi connectivity index (χ2v) is 12.9. The second-order valence-electron chi connectivity index (χ2n) is 12.0. The number of amides is 3. The highest BCUT2D eigenvalue weighted by molar-refractivity contribution is 6.30. The van der Waals surface area contributed by atoms with Gasteiger partial charge in [0.15, 0.2) is 0 Å². The van der Waals surface area contributed by atoms with E-state index in [9.17, 15) is 9.59 Å². The number of halogens is 3. The minimum atomic E-state index is -0.455. The molecule has 7 nitrogen and oxygen atoms in total. The summed E-state index contributed by atoms with van der Waals surface area (Å²) in [5, 5.41) is 1.24. The zero-order valence-corrected chi connectivity index (χ0v) is 28.0. The summed E-state index contributed by atoms with van der Waals surface area (Å²) in [7, 11) is 0. The first-order chi connectivity index (χ1) is 20.5. The Hall–Kier alpha value is -3.26. The Kier molecular flexibility index (Phi) is 12.0. The number of carbonyl (C=O) groups is 2. The van der Waals surface area contributed by atoms with Crippen LogP contribution in [-0.4, -0.2) is 65.3 Å². The number of hydrogen-bond donors (Lipinski definition) is 0. The van der Waals surface area contributed by atoms with Crippen molar-refractivity contribution in [1.82, 2.24) is 14.7 Å². The molecular weight excluding hydrogens is 631 g/mol. The maximum Gasteiger partial charge on any atom is 0.326 e. The zero-order valence-electron chi connectivity index (χ0n) is 25.7. The van der Waals surface area contributed by atoms with Gasteiger partial charge in [-0.2, -0.15) is 0 Å². The third-order valence-electron chi connectivity index (χ3n) is 8.08. The lowest BCUT2D eigenvalue weighted by Gasteiger charge is -2.39. The first kappa shape index (κ1) is 36.2. The number of rotatable bonds is 5. The number of ether oxygens (including phenoxy) is 1. The Morgan fingerprint density at radius 3 is 1.91 bits per heavy atom. The van der Waals surface area contributed by atoms with Gasteiger partial charge in [-0.1, -0.05) is 81.7 Å². The van der Waals surface area contributed by atoms with Crippen LogP contribution in [-0.2, 0) is 10.2 Å². The van der Waals surface area contributed by atoms with Gasteiger partial charge in [-0.15, -0.1) is 12.4 Å². The van der Waals surface area contributed by atoms with Gasteiger partial charge in [-0.3, -0.25) is 14.7 Å². The number of benzene rings is 3. The number of nitrogens with zero attached hydrogens (tertiary/aromatic N) is 4. The molecule has 2 heterocycles. The number of urea groups is 1. The lowest BCUT2D eigenvalue weighted by atomic mass is 9.86. The standard InChI is InChI=1S/C34H38Cl2N4O3.CH4.ClH/c1-6-43-29-21-25(34(3,4)5)11-16-28(29)32-37-30(23-7-12-26(35)13-8-23)31(24-9-14-27(36)15-10-24)40(32)33(42)39-19-17-38(18-20-39)22(2)41;;/h7-16,21,30-31H,6,17-20H2,1-5H3;1H4;1H/t30-,31+;;/m0../s1. The maximum absolute atomic E-state index is 14.6. The monoisotopic (exact) mass is 672 g/mol. The summed E-state index contributed by atoms with van der Waals surface area (Å²) in [5.41, 5.74) is 3.62. The molecule has 0 spiro atoms. The molecular formula is C35H43Cl3N4O3. The molecule has 45 heavy (non-hydrogen) atoms. The molecule has 0 N–H and O–H groups in total. The van der Waals surface area contributed by atoms with Crippen molar-refractivity contribution in [2.75, 3.05) is 32.8 Å². The van der Waals surface area contributed by atoms with Crippen LogP contribution in [0.25, 0.3) is 0 Å². The van der Waals surface area contributed by atoms with Crippen molar-refractivity contribution in [2.45, 2.75) is 59.5 Å². The summed E-state index contributed by atoms with van der Waals surface area (Å²) in [6, 6.07) is 20.3. The van der Waals surface area contributed by atoms with E-state index in [-0.39, 0.29) is 37.2 Å². The Morgan fingerprint density at radius 1 is 0.867 bits per heavy atom. The smallest absolute Gasteiger partial charge is 0.326 e. The zero-order chi connectivity index (χ0) is 30.9. The molecule has 0 unspecified atom stereocenters. The largest absolute Gasteiger partial charge is 0.493 e. The molecule has 3 aromatic rings. The maximum atomic E-state index is 14.6. The van der Waals surface area contributed by atoms with Crippen molar-refractivity contribution in [3.8, 4) is 5.75 Å². The summed E-state index contributed by atoms with van der Waals surface area (Å²) in [4.78, 5) is 37.3. The predicted octanol–water partition coefficient (Wildman–Crippen LogP) is 8.58. The van der Waals surface area contributed by atoms with Crippen molar-refractivity contribution in [2.24, 2.45) is 4.99 Å². The van der Waals surface area contributed by atoms with E-state index >= 15 is 0 Å². The van der Waals surface area contributed by atoms with Crippen molar-refractivity contribution in [1.29, 1.82) is 0 Å². The quantitative estimate of drug-likeness (QED) is 0.273. The highest BCUT2D eigenvalue weighted by Crippen LogP contribution is 2.46. The van der Waals surface area contributed by atoms with Crippen LogP contribution in [0.1, 0.15) is 76.4 Å². The number of aliphatic imine (C=N–C) groups is 1. The Labute approximate surface area is 283 Å². The summed E-state index contributed by atoms with van der Waals surface area (Å²) < 4.78 is 6.20. The third-order valence-corrected chi connectivity index (χ3v) is 8.58. The minimum absolute atomic E-state index is 0.